The molecule has 0 spiro atoms. The summed E-state index contributed by atoms with van der Waals surface area (Å²) in [6.07, 6.45) is 1.48. The Labute approximate surface area is 113 Å². The number of carbonyl (C=O) groups excluding carboxylic acids is 1. The van der Waals surface area contributed by atoms with E-state index in [4.69, 9.17) is 5.11 Å². The number of aliphatic hydroxyl groups excluding tert-OH is 1. The molecular formula is C12H10N4O2S. The lowest BCUT2D eigenvalue weighted by Crippen LogP contribution is -2.13. The topological polar surface area (TPSA) is 88.0 Å². The van der Waals surface area contributed by atoms with Gasteiger partial charge in [-0.3, -0.25) is 10.1 Å². The van der Waals surface area contributed by atoms with Crippen molar-refractivity contribution in [2.75, 3.05) is 11.9 Å². The number of carbonyl (C=O) groups is 1. The first-order chi connectivity index (χ1) is 9.19. The molecular weight excluding hydrogens is 264 g/mol. The van der Waals surface area contributed by atoms with Crippen LogP contribution in [-0.4, -0.2) is 32.0 Å². The lowest BCUT2D eigenvalue weighted by Gasteiger charge is -2.00. The average Bonchev–Trinajstić information content (AvgIpc) is 2.82. The van der Waals surface area contributed by atoms with Gasteiger partial charge in [0.05, 0.1) is 0 Å². The van der Waals surface area contributed by atoms with E-state index in [1.54, 1.807) is 19.1 Å². The second-order valence-electron chi connectivity index (χ2n) is 3.49. The molecule has 0 aromatic carbocycles. The number of hydrogen-bond donors (Lipinski definition) is 2. The summed E-state index contributed by atoms with van der Waals surface area (Å²) in [5.41, 5.74) is 0.903. The Hall–Kier alpha value is -2.30. The van der Waals surface area contributed by atoms with Crippen LogP contribution in [0.3, 0.4) is 0 Å². The zero-order valence-corrected chi connectivity index (χ0v) is 10.9. The number of aryl methyl sites for hydroxylation is 1. The summed E-state index contributed by atoms with van der Waals surface area (Å²) in [5, 5.41) is 11.6. The molecule has 0 saturated carbocycles. The van der Waals surface area contributed by atoms with Gasteiger partial charge in [0, 0.05) is 23.3 Å². The highest BCUT2D eigenvalue weighted by atomic mass is 32.1. The van der Waals surface area contributed by atoms with Crippen LogP contribution < -0.4 is 5.32 Å². The number of hydrogen-bond acceptors (Lipinski definition) is 6. The van der Waals surface area contributed by atoms with Gasteiger partial charge < -0.3 is 5.11 Å². The third kappa shape index (κ3) is 3.58. The SMILES string of the molecule is Cc1nsc(NC(=O)c2ccc(C#CCO)cn2)n1. The summed E-state index contributed by atoms with van der Waals surface area (Å²) in [7, 11) is 0. The van der Waals surface area contributed by atoms with E-state index in [-0.39, 0.29) is 18.2 Å². The second kappa shape index (κ2) is 6.04. The maximum absolute atomic E-state index is 11.8. The Morgan fingerprint density at radius 3 is 2.95 bits per heavy atom. The van der Waals surface area contributed by atoms with Gasteiger partial charge >= 0.3 is 0 Å². The van der Waals surface area contributed by atoms with Crippen LogP contribution in [0.15, 0.2) is 18.3 Å². The summed E-state index contributed by atoms with van der Waals surface area (Å²) in [4.78, 5) is 19.9. The van der Waals surface area contributed by atoms with Crippen molar-refractivity contribution in [3.05, 3.63) is 35.4 Å². The van der Waals surface area contributed by atoms with Crippen LogP contribution in [-0.2, 0) is 0 Å². The van der Waals surface area contributed by atoms with Crippen molar-refractivity contribution in [1.82, 2.24) is 14.3 Å². The molecule has 2 N–H and O–H groups in total. The van der Waals surface area contributed by atoms with Gasteiger partial charge in [0.2, 0.25) is 5.13 Å². The second-order valence-corrected chi connectivity index (χ2v) is 4.24. The predicted molar refractivity (Wildman–Crippen MR) is 70.8 cm³/mol. The number of aromatic nitrogens is 3. The summed E-state index contributed by atoms with van der Waals surface area (Å²) in [5.74, 6) is 5.47. The molecule has 0 aliphatic rings. The molecule has 7 heteroatoms. The van der Waals surface area contributed by atoms with Gasteiger partial charge in [-0.1, -0.05) is 11.8 Å². The van der Waals surface area contributed by atoms with E-state index in [9.17, 15) is 4.79 Å². The van der Waals surface area contributed by atoms with Crippen molar-refractivity contribution in [1.29, 1.82) is 0 Å². The molecule has 0 radical (unpaired) electrons. The third-order valence-electron chi connectivity index (χ3n) is 2.06. The molecule has 0 unspecified atom stereocenters. The van der Waals surface area contributed by atoms with Crippen molar-refractivity contribution in [3.8, 4) is 11.8 Å². The monoisotopic (exact) mass is 274 g/mol. The predicted octanol–water partition coefficient (Wildman–Crippen LogP) is 0.838. The first kappa shape index (κ1) is 13.1. The number of nitrogens with zero attached hydrogens (tertiary/aromatic N) is 3. The van der Waals surface area contributed by atoms with Crippen LogP contribution in [0.2, 0.25) is 0 Å². The molecule has 0 saturated heterocycles. The number of anilines is 1. The minimum Gasteiger partial charge on any atom is -0.384 e. The van der Waals surface area contributed by atoms with Crippen LogP contribution in [0.25, 0.3) is 0 Å². The van der Waals surface area contributed by atoms with Crippen molar-refractivity contribution >= 4 is 22.6 Å². The highest BCUT2D eigenvalue weighted by Gasteiger charge is 2.09. The van der Waals surface area contributed by atoms with Crippen LogP contribution in [0.5, 0.6) is 0 Å². The molecule has 0 bridgehead atoms. The van der Waals surface area contributed by atoms with Crippen molar-refractivity contribution in [3.63, 3.8) is 0 Å². The summed E-state index contributed by atoms with van der Waals surface area (Å²) in [6, 6.07) is 3.22. The van der Waals surface area contributed by atoms with E-state index in [0.717, 1.165) is 11.5 Å². The number of amides is 1. The van der Waals surface area contributed by atoms with Gasteiger partial charge in [0.1, 0.15) is 18.1 Å². The molecule has 2 heterocycles. The Balaban J connectivity index is 2.07. The summed E-state index contributed by atoms with van der Waals surface area (Å²) in [6.45, 7) is 1.54. The van der Waals surface area contributed by atoms with Crippen molar-refractivity contribution < 1.29 is 9.90 Å². The van der Waals surface area contributed by atoms with Crippen LogP contribution in [0.4, 0.5) is 5.13 Å². The minimum absolute atomic E-state index is 0.210. The Kier molecular flexibility index (Phi) is 4.18. The molecule has 0 fully saturated rings. The normalized spacial score (nSPS) is 9.58. The molecule has 2 aromatic rings. The molecule has 0 atom stereocenters. The third-order valence-corrected chi connectivity index (χ3v) is 2.78. The maximum Gasteiger partial charge on any atom is 0.276 e. The van der Waals surface area contributed by atoms with Gasteiger partial charge in [-0.15, -0.1) is 0 Å². The van der Waals surface area contributed by atoms with E-state index in [2.05, 4.69) is 31.5 Å². The van der Waals surface area contributed by atoms with E-state index in [1.807, 2.05) is 0 Å². The molecule has 0 aliphatic heterocycles. The number of nitrogens with one attached hydrogen (secondary N) is 1. The zero-order chi connectivity index (χ0) is 13.7. The molecule has 96 valence electrons. The lowest BCUT2D eigenvalue weighted by atomic mass is 10.2. The molecule has 2 aromatic heterocycles. The molecule has 0 aliphatic carbocycles. The summed E-state index contributed by atoms with van der Waals surface area (Å²) >= 11 is 1.12. The Bertz CT molecular complexity index is 640. The fourth-order valence-electron chi connectivity index (χ4n) is 1.25. The van der Waals surface area contributed by atoms with Gasteiger partial charge in [-0.25, -0.2) is 9.97 Å². The standard InChI is InChI=1S/C12H10N4O2S/c1-8-14-12(19-16-8)15-11(18)10-5-4-9(7-13-10)3-2-6-17/h4-5,7,17H,6H2,1H3,(H,14,15,16,18). The van der Waals surface area contributed by atoms with Crippen LogP contribution >= 0.6 is 11.5 Å². The van der Waals surface area contributed by atoms with Crippen LogP contribution in [0, 0.1) is 18.8 Å². The van der Waals surface area contributed by atoms with Gasteiger partial charge in [0.25, 0.3) is 5.91 Å². The first-order valence-electron chi connectivity index (χ1n) is 5.36. The molecule has 2 rings (SSSR count). The van der Waals surface area contributed by atoms with E-state index in [1.165, 1.54) is 6.20 Å². The lowest BCUT2D eigenvalue weighted by molar-refractivity contribution is 0.102. The Morgan fingerprint density at radius 2 is 2.37 bits per heavy atom. The minimum atomic E-state index is -0.349. The fraction of sp³-hybridized carbons (Fsp3) is 0.167. The Morgan fingerprint density at radius 1 is 1.53 bits per heavy atom. The van der Waals surface area contributed by atoms with Crippen molar-refractivity contribution in [2.45, 2.75) is 6.92 Å². The molecule has 19 heavy (non-hydrogen) atoms. The molecule has 1 amide bonds. The molecule has 6 nitrogen and oxygen atoms in total. The van der Waals surface area contributed by atoms with Gasteiger partial charge in [-0.2, -0.15) is 4.37 Å². The first-order valence-corrected chi connectivity index (χ1v) is 6.14. The van der Waals surface area contributed by atoms with Gasteiger partial charge in [0.15, 0.2) is 0 Å². The highest BCUT2D eigenvalue weighted by Crippen LogP contribution is 2.11. The smallest absolute Gasteiger partial charge is 0.276 e. The zero-order valence-electron chi connectivity index (χ0n) is 10.0. The fourth-order valence-corrected chi connectivity index (χ4v) is 1.82. The number of rotatable bonds is 2. The van der Waals surface area contributed by atoms with Crippen LogP contribution in [0.1, 0.15) is 21.9 Å². The van der Waals surface area contributed by atoms with Crippen molar-refractivity contribution in [2.24, 2.45) is 0 Å². The number of pyridine rings is 1. The highest BCUT2D eigenvalue weighted by molar-refractivity contribution is 7.09. The van der Waals surface area contributed by atoms with Gasteiger partial charge in [-0.05, 0) is 19.1 Å². The van der Waals surface area contributed by atoms with E-state index < -0.39 is 0 Å². The number of aliphatic hydroxyl groups is 1. The van der Waals surface area contributed by atoms with E-state index >= 15 is 0 Å². The van der Waals surface area contributed by atoms with E-state index in [0.29, 0.717) is 16.5 Å². The summed E-state index contributed by atoms with van der Waals surface area (Å²) < 4.78 is 3.96. The maximum atomic E-state index is 11.8. The largest absolute Gasteiger partial charge is 0.384 e. The average molecular weight is 274 g/mol. The quantitative estimate of drug-likeness (QED) is 0.792.